The molecule has 0 radical (unpaired) electrons. The van der Waals surface area contributed by atoms with Crippen molar-refractivity contribution in [2.24, 2.45) is 0 Å². The fourth-order valence-electron chi connectivity index (χ4n) is 2.00. The maximum absolute atomic E-state index is 10.7. The van der Waals surface area contributed by atoms with E-state index in [1.807, 2.05) is 0 Å². The first-order valence-electron chi connectivity index (χ1n) is 8.90. The molecule has 0 heterocycles. The Morgan fingerprint density at radius 1 is 0.538 bits per heavy atom. The molecule has 0 fully saturated rings. The lowest BCUT2D eigenvalue weighted by Crippen LogP contribution is -2.00. The van der Waals surface area contributed by atoms with Crippen molar-refractivity contribution >= 4 is 23.9 Å². The molecule has 26 heavy (non-hydrogen) atoms. The monoisotopic (exact) mass is 376 g/mol. The van der Waals surface area contributed by atoms with E-state index >= 15 is 0 Å². The Morgan fingerprint density at radius 3 is 1.04 bits per heavy atom. The fourth-order valence-corrected chi connectivity index (χ4v) is 2.00. The number of carboxylic acids is 2. The minimum atomic E-state index is -0.784. The van der Waals surface area contributed by atoms with E-state index < -0.39 is 11.9 Å². The first kappa shape index (κ1) is 26.1. The van der Waals surface area contributed by atoms with Gasteiger partial charge in [-0.1, -0.05) is 25.7 Å². The molecule has 0 aromatic carbocycles. The summed E-state index contributed by atoms with van der Waals surface area (Å²) in [6.07, 6.45) is 7.77. The number of hydrogen-bond donors (Lipinski definition) is 2. The zero-order valence-electron chi connectivity index (χ0n) is 15.8. The first-order valence-corrected chi connectivity index (χ1v) is 8.90. The van der Waals surface area contributed by atoms with Crippen LogP contribution in [-0.2, 0) is 28.7 Å². The first-order chi connectivity index (χ1) is 12.3. The van der Waals surface area contributed by atoms with Gasteiger partial charge in [0.25, 0.3) is 0 Å². The van der Waals surface area contributed by atoms with Crippen molar-refractivity contribution in [3.63, 3.8) is 0 Å². The molecule has 0 unspecified atom stereocenters. The van der Waals surface area contributed by atoms with Crippen LogP contribution in [0.1, 0.15) is 77.0 Å². The number of carbonyl (C=O) groups is 4. The Hall–Kier alpha value is -2.12. The number of aliphatic carboxylic acids is 2. The van der Waals surface area contributed by atoms with E-state index in [1.165, 1.54) is 14.2 Å². The summed E-state index contributed by atoms with van der Waals surface area (Å²) in [4.78, 5) is 41.5. The number of unbranched alkanes of at least 4 members (excludes halogenated alkanes) is 6. The van der Waals surface area contributed by atoms with Crippen molar-refractivity contribution in [1.29, 1.82) is 0 Å². The van der Waals surface area contributed by atoms with E-state index in [0.29, 0.717) is 25.7 Å². The van der Waals surface area contributed by atoms with E-state index in [2.05, 4.69) is 9.47 Å². The lowest BCUT2D eigenvalue weighted by Gasteiger charge is -2.00. The van der Waals surface area contributed by atoms with Crippen molar-refractivity contribution in [3.8, 4) is 0 Å². The molecule has 152 valence electrons. The second kappa shape index (κ2) is 19.2. The lowest BCUT2D eigenvalue weighted by molar-refractivity contribution is -0.141. The summed E-state index contributed by atoms with van der Waals surface area (Å²) < 4.78 is 9.00. The average molecular weight is 376 g/mol. The zero-order valence-corrected chi connectivity index (χ0v) is 15.8. The number of hydrogen-bond acceptors (Lipinski definition) is 6. The Morgan fingerprint density at radius 2 is 0.808 bits per heavy atom. The van der Waals surface area contributed by atoms with Gasteiger partial charge in [0.1, 0.15) is 0 Å². The third-order valence-electron chi connectivity index (χ3n) is 3.50. The normalized spacial score (nSPS) is 9.62. The second-order valence-corrected chi connectivity index (χ2v) is 5.77. The van der Waals surface area contributed by atoms with Crippen LogP contribution < -0.4 is 0 Å². The molecule has 0 aliphatic rings. The summed E-state index contributed by atoms with van der Waals surface area (Å²) in [5.74, 6) is -1.91. The summed E-state index contributed by atoms with van der Waals surface area (Å²) in [7, 11) is 2.78. The SMILES string of the molecule is COC(=O)CCCCCCC(=O)OC.O=C(O)CCCCCCC(=O)O. The molecule has 0 aliphatic carbocycles. The Labute approximate surface area is 154 Å². The summed E-state index contributed by atoms with van der Waals surface area (Å²) in [5.41, 5.74) is 0. The van der Waals surface area contributed by atoms with Crippen LogP contribution in [0.5, 0.6) is 0 Å². The van der Waals surface area contributed by atoms with Gasteiger partial charge in [0.15, 0.2) is 0 Å². The molecule has 8 nitrogen and oxygen atoms in total. The van der Waals surface area contributed by atoms with Gasteiger partial charge < -0.3 is 19.7 Å². The molecule has 0 spiro atoms. The number of ether oxygens (including phenoxy) is 2. The standard InChI is InChI=1S/C10H18O4.C8H14O4/c1-13-9(11)7-5-3-4-6-8-10(12)14-2;9-7(10)5-3-1-2-4-6-8(11)12/h3-8H2,1-2H3;1-6H2,(H,9,10)(H,11,12). The van der Waals surface area contributed by atoms with E-state index in [0.717, 1.165) is 38.5 Å². The van der Waals surface area contributed by atoms with Crippen LogP contribution in [0.3, 0.4) is 0 Å². The van der Waals surface area contributed by atoms with Gasteiger partial charge >= 0.3 is 23.9 Å². The number of esters is 2. The van der Waals surface area contributed by atoms with Crippen LogP contribution >= 0.6 is 0 Å². The lowest BCUT2D eigenvalue weighted by atomic mass is 10.1. The van der Waals surface area contributed by atoms with Crippen LogP contribution in [0.2, 0.25) is 0 Å². The smallest absolute Gasteiger partial charge is 0.305 e. The second-order valence-electron chi connectivity index (χ2n) is 5.77. The highest BCUT2D eigenvalue weighted by Crippen LogP contribution is 2.06. The highest BCUT2D eigenvalue weighted by atomic mass is 16.5. The largest absolute Gasteiger partial charge is 0.481 e. The van der Waals surface area contributed by atoms with Gasteiger partial charge in [-0.2, -0.15) is 0 Å². The Balaban J connectivity index is 0. The predicted octanol–water partition coefficient (Wildman–Crippen LogP) is 3.17. The predicted molar refractivity (Wildman–Crippen MR) is 94.7 cm³/mol. The van der Waals surface area contributed by atoms with Crippen molar-refractivity contribution in [2.45, 2.75) is 77.0 Å². The Bertz CT molecular complexity index is 368. The molecular formula is C18H32O8. The molecule has 2 N–H and O–H groups in total. The van der Waals surface area contributed by atoms with Crippen molar-refractivity contribution in [1.82, 2.24) is 0 Å². The van der Waals surface area contributed by atoms with Gasteiger partial charge in [0, 0.05) is 25.7 Å². The van der Waals surface area contributed by atoms with Crippen molar-refractivity contribution < 1.29 is 38.9 Å². The maximum Gasteiger partial charge on any atom is 0.305 e. The van der Waals surface area contributed by atoms with Gasteiger partial charge in [-0.15, -0.1) is 0 Å². The molecular weight excluding hydrogens is 344 g/mol. The van der Waals surface area contributed by atoms with Crippen molar-refractivity contribution in [2.75, 3.05) is 14.2 Å². The number of rotatable bonds is 14. The van der Waals surface area contributed by atoms with E-state index in [4.69, 9.17) is 10.2 Å². The molecule has 0 saturated carbocycles. The van der Waals surface area contributed by atoms with Gasteiger partial charge in [0.2, 0.25) is 0 Å². The van der Waals surface area contributed by atoms with Crippen molar-refractivity contribution in [3.05, 3.63) is 0 Å². The van der Waals surface area contributed by atoms with E-state index in [9.17, 15) is 19.2 Å². The molecule has 0 amide bonds. The van der Waals surface area contributed by atoms with Crippen LogP contribution in [-0.4, -0.2) is 48.3 Å². The van der Waals surface area contributed by atoms with Crippen LogP contribution in [0.4, 0.5) is 0 Å². The van der Waals surface area contributed by atoms with E-state index in [1.54, 1.807) is 0 Å². The number of carbonyl (C=O) groups excluding carboxylic acids is 2. The summed E-state index contributed by atoms with van der Waals surface area (Å²) in [6, 6.07) is 0. The summed E-state index contributed by atoms with van der Waals surface area (Å²) >= 11 is 0. The van der Waals surface area contributed by atoms with Gasteiger partial charge in [0.05, 0.1) is 14.2 Å². The summed E-state index contributed by atoms with van der Waals surface area (Å²) in [5, 5.41) is 16.5. The molecule has 0 aromatic heterocycles. The Kier molecular flexibility index (Phi) is 19.3. The quantitative estimate of drug-likeness (QED) is 0.349. The molecule has 0 saturated heterocycles. The number of methoxy groups -OCH3 is 2. The molecule has 0 aromatic rings. The highest BCUT2D eigenvalue weighted by molar-refractivity contribution is 5.69. The topological polar surface area (TPSA) is 127 Å². The zero-order chi connectivity index (χ0) is 20.2. The van der Waals surface area contributed by atoms with Crippen LogP contribution in [0, 0.1) is 0 Å². The molecule has 0 bridgehead atoms. The van der Waals surface area contributed by atoms with Gasteiger partial charge in [-0.25, -0.2) is 0 Å². The minimum Gasteiger partial charge on any atom is -0.481 e. The number of carboxylic acid groups (broad SMARTS) is 2. The average Bonchev–Trinajstić information content (AvgIpc) is 2.60. The third kappa shape index (κ3) is 24.1. The summed E-state index contributed by atoms with van der Waals surface area (Å²) in [6.45, 7) is 0. The van der Waals surface area contributed by atoms with Crippen LogP contribution in [0.15, 0.2) is 0 Å². The molecule has 0 rings (SSSR count). The molecule has 8 heteroatoms. The van der Waals surface area contributed by atoms with Gasteiger partial charge in [-0.3, -0.25) is 19.2 Å². The van der Waals surface area contributed by atoms with Gasteiger partial charge in [-0.05, 0) is 25.7 Å². The third-order valence-corrected chi connectivity index (χ3v) is 3.50. The van der Waals surface area contributed by atoms with E-state index in [-0.39, 0.29) is 24.8 Å². The minimum absolute atomic E-state index is 0.169. The molecule has 0 atom stereocenters. The molecule has 0 aliphatic heterocycles. The van der Waals surface area contributed by atoms with Crippen LogP contribution in [0.25, 0.3) is 0 Å². The highest BCUT2D eigenvalue weighted by Gasteiger charge is 2.01. The maximum atomic E-state index is 10.7. The fraction of sp³-hybridized carbons (Fsp3) is 0.778.